The Balaban J connectivity index is 1.55. The molecule has 0 spiro atoms. The van der Waals surface area contributed by atoms with Crippen LogP contribution in [0.2, 0.25) is 5.02 Å². The molecule has 1 fully saturated rings. The number of aliphatic hydroxyl groups excluding tert-OH is 1. The maximum Gasteiger partial charge on any atom is 0.0626 e. The lowest BCUT2D eigenvalue weighted by Crippen LogP contribution is -2.44. The fourth-order valence-electron chi connectivity index (χ4n) is 3.18. The highest BCUT2D eigenvalue weighted by Crippen LogP contribution is 2.23. The van der Waals surface area contributed by atoms with Crippen LogP contribution >= 0.6 is 11.6 Å². The summed E-state index contributed by atoms with van der Waals surface area (Å²) in [5, 5.41) is 14.1. The molecule has 2 aromatic rings. The highest BCUT2D eigenvalue weighted by atomic mass is 35.5. The van der Waals surface area contributed by atoms with Gasteiger partial charge in [-0.2, -0.15) is 0 Å². The fraction of sp³-hybridized carbons (Fsp3) is 0.368. The summed E-state index contributed by atoms with van der Waals surface area (Å²) in [5.74, 6) is 0. The van der Waals surface area contributed by atoms with E-state index in [0.717, 1.165) is 36.5 Å². The summed E-state index contributed by atoms with van der Waals surface area (Å²) in [7, 11) is 0. The first-order chi connectivity index (χ1) is 11.3. The number of halogens is 1. The third-order valence-corrected chi connectivity index (χ3v) is 4.76. The van der Waals surface area contributed by atoms with Gasteiger partial charge in [0.25, 0.3) is 0 Å². The number of anilines is 1. The Bertz CT molecular complexity index is 595. The Morgan fingerprint density at radius 2 is 1.70 bits per heavy atom. The van der Waals surface area contributed by atoms with Crippen LogP contribution in [-0.4, -0.2) is 30.8 Å². The van der Waals surface area contributed by atoms with E-state index in [4.69, 9.17) is 11.6 Å². The van der Waals surface area contributed by atoms with Crippen molar-refractivity contribution in [3.05, 3.63) is 65.2 Å². The number of nitrogens with zero attached hydrogens (tertiary/aromatic N) is 1. The van der Waals surface area contributed by atoms with Gasteiger partial charge in [-0.25, -0.2) is 0 Å². The monoisotopic (exact) mass is 330 g/mol. The van der Waals surface area contributed by atoms with Gasteiger partial charge in [-0.15, -0.1) is 0 Å². The van der Waals surface area contributed by atoms with E-state index in [9.17, 15) is 5.11 Å². The van der Waals surface area contributed by atoms with E-state index in [0.29, 0.717) is 6.04 Å². The smallest absolute Gasteiger partial charge is 0.0626 e. The first-order valence-electron chi connectivity index (χ1n) is 8.18. The lowest BCUT2D eigenvalue weighted by atomic mass is 10.0. The summed E-state index contributed by atoms with van der Waals surface area (Å²) < 4.78 is 0. The van der Waals surface area contributed by atoms with Crippen molar-refractivity contribution in [2.45, 2.75) is 24.9 Å². The zero-order valence-electron chi connectivity index (χ0n) is 13.2. The number of piperidine rings is 1. The molecule has 0 radical (unpaired) electrons. The molecule has 0 aromatic heterocycles. The predicted octanol–water partition coefficient (Wildman–Crippen LogP) is 3.63. The zero-order chi connectivity index (χ0) is 16.1. The van der Waals surface area contributed by atoms with E-state index in [1.165, 1.54) is 5.69 Å². The van der Waals surface area contributed by atoms with Crippen molar-refractivity contribution in [2.24, 2.45) is 0 Å². The number of rotatable bonds is 5. The molecule has 3 rings (SSSR count). The summed E-state index contributed by atoms with van der Waals surface area (Å²) in [6.07, 6.45) is 2.15. The van der Waals surface area contributed by atoms with Gasteiger partial charge in [-0.3, -0.25) is 0 Å². The summed E-state index contributed by atoms with van der Waals surface area (Å²) in [5.41, 5.74) is 2.38. The van der Waals surface area contributed by atoms with Crippen LogP contribution in [-0.2, 0) is 0 Å². The molecule has 0 amide bonds. The van der Waals surface area contributed by atoms with Crippen molar-refractivity contribution >= 4 is 17.3 Å². The van der Waals surface area contributed by atoms with Crippen LogP contribution in [0.1, 0.15) is 24.4 Å². The van der Waals surface area contributed by atoms with Crippen molar-refractivity contribution in [2.75, 3.05) is 24.6 Å². The molecule has 3 nitrogen and oxygen atoms in total. The molecule has 23 heavy (non-hydrogen) atoms. The lowest BCUT2D eigenvalue weighted by Gasteiger charge is -2.35. The van der Waals surface area contributed by atoms with Crippen LogP contribution in [0.25, 0.3) is 0 Å². The maximum absolute atomic E-state index is 9.68. The van der Waals surface area contributed by atoms with Gasteiger partial charge < -0.3 is 15.3 Å². The lowest BCUT2D eigenvalue weighted by molar-refractivity contribution is 0.225. The minimum atomic E-state index is 0.0169. The van der Waals surface area contributed by atoms with E-state index in [2.05, 4.69) is 34.5 Å². The van der Waals surface area contributed by atoms with E-state index >= 15 is 0 Å². The highest BCUT2D eigenvalue weighted by Gasteiger charge is 2.22. The van der Waals surface area contributed by atoms with Crippen LogP contribution in [0.4, 0.5) is 5.69 Å². The van der Waals surface area contributed by atoms with Crippen LogP contribution < -0.4 is 10.2 Å². The number of benzene rings is 2. The number of hydrogen-bond acceptors (Lipinski definition) is 3. The molecule has 0 aliphatic carbocycles. The Kier molecular flexibility index (Phi) is 5.55. The minimum absolute atomic E-state index is 0.0169. The SMILES string of the molecule is OCC(NC1CCN(c2ccc(Cl)cc2)CC1)c1ccccc1. The van der Waals surface area contributed by atoms with Gasteiger partial charge in [0, 0.05) is 29.8 Å². The van der Waals surface area contributed by atoms with Gasteiger partial charge in [0.1, 0.15) is 0 Å². The minimum Gasteiger partial charge on any atom is -0.394 e. The van der Waals surface area contributed by atoms with Crippen LogP contribution in [0.15, 0.2) is 54.6 Å². The number of aliphatic hydroxyl groups is 1. The molecule has 2 N–H and O–H groups in total. The van der Waals surface area contributed by atoms with Crippen LogP contribution in [0.3, 0.4) is 0 Å². The van der Waals surface area contributed by atoms with Gasteiger partial charge in [0.15, 0.2) is 0 Å². The fourth-order valence-corrected chi connectivity index (χ4v) is 3.31. The van der Waals surface area contributed by atoms with Crippen molar-refractivity contribution in [3.8, 4) is 0 Å². The molecular weight excluding hydrogens is 308 g/mol. The molecule has 1 aliphatic heterocycles. The maximum atomic E-state index is 9.68. The van der Waals surface area contributed by atoms with Crippen molar-refractivity contribution in [1.29, 1.82) is 0 Å². The number of nitrogens with one attached hydrogen (secondary N) is 1. The molecule has 122 valence electrons. The van der Waals surface area contributed by atoms with Gasteiger partial charge >= 0.3 is 0 Å². The van der Waals surface area contributed by atoms with E-state index < -0.39 is 0 Å². The van der Waals surface area contributed by atoms with Gasteiger partial charge in [-0.1, -0.05) is 41.9 Å². The number of hydrogen-bond donors (Lipinski definition) is 2. The molecule has 1 aliphatic rings. The van der Waals surface area contributed by atoms with E-state index in [1.807, 2.05) is 30.3 Å². The second-order valence-corrected chi connectivity index (χ2v) is 6.49. The van der Waals surface area contributed by atoms with Crippen molar-refractivity contribution in [1.82, 2.24) is 5.32 Å². The van der Waals surface area contributed by atoms with E-state index in [1.54, 1.807) is 0 Å². The molecule has 4 heteroatoms. The average Bonchev–Trinajstić information content (AvgIpc) is 2.62. The molecule has 0 saturated carbocycles. The van der Waals surface area contributed by atoms with Crippen LogP contribution in [0.5, 0.6) is 0 Å². The summed E-state index contributed by atoms with van der Waals surface area (Å²) >= 11 is 5.95. The van der Waals surface area contributed by atoms with Gasteiger partial charge in [0.05, 0.1) is 12.6 Å². The highest BCUT2D eigenvalue weighted by molar-refractivity contribution is 6.30. The third kappa shape index (κ3) is 4.25. The molecule has 1 unspecified atom stereocenters. The Hall–Kier alpha value is -1.55. The molecule has 1 heterocycles. The summed E-state index contributed by atoms with van der Waals surface area (Å²) in [6, 6.07) is 18.7. The standard InChI is InChI=1S/C19H23ClN2O/c20-16-6-8-18(9-7-16)22-12-10-17(11-13-22)21-19(14-23)15-4-2-1-3-5-15/h1-9,17,19,21,23H,10-14H2. The Morgan fingerprint density at radius 1 is 1.04 bits per heavy atom. The summed E-state index contributed by atoms with van der Waals surface area (Å²) in [4.78, 5) is 2.39. The normalized spacial score (nSPS) is 17.2. The topological polar surface area (TPSA) is 35.5 Å². The summed E-state index contributed by atoms with van der Waals surface area (Å²) in [6.45, 7) is 2.17. The van der Waals surface area contributed by atoms with Gasteiger partial charge in [0.2, 0.25) is 0 Å². The quantitative estimate of drug-likeness (QED) is 0.878. The predicted molar refractivity (Wildman–Crippen MR) is 96.1 cm³/mol. The second-order valence-electron chi connectivity index (χ2n) is 6.05. The Morgan fingerprint density at radius 3 is 2.30 bits per heavy atom. The average molecular weight is 331 g/mol. The first-order valence-corrected chi connectivity index (χ1v) is 8.56. The molecule has 1 atom stereocenters. The third-order valence-electron chi connectivity index (χ3n) is 4.51. The largest absolute Gasteiger partial charge is 0.394 e. The zero-order valence-corrected chi connectivity index (χ0v) is 13.9. The van der Waals surface area contributed by atoms with Crippen molar-refractivity contribution < 1.29 is 5.11 Å². The van der Waals surface area contributed by atoms with Crippen molar-refractivity contribution in [3.63, 3.8) is 0 Å². The molecule has 0 bridgehead atoms. The second kappa shape index (κ2) is 7.82. The molecule has 2 aromatic carbocycles. The van der Waals surface area contributed by atoms with E-state index in [-0.39, 0.29) is 12.6 Å². The van der Waals surface area contributed by atoms with Crippen LogP contribution in [0, 0.1) is 0 Å². The Labute approximate surface area is 142 Å². The molecular formula is C19H23ClN2O. The first kappa shape index (κ1) is 16.3. The van der Waals surface area contributed by atoms with Gasteiger partial charge in [-0.05, 0) is 42.7 Å². The molecule has 1 saturated heterocycles.